The van der Waals surface area contributed by atoms with Gasteiger partial charge in [0.25, 0.3) is 0 Å². The molecule has 3 nitrogen and oxygen atoms in total. The van der Waals surface area contributed by atoms with Crippen LogP contribution in [-0.2, 0) is 6.54 Å². The number of halogens is 1. The zero-order valence-electron chi connectivity index (χ0n) is 12.5. The molecule has 0 fully saturated rings. The van der Waals surface area contributed by atoms with Crippen LogP contribution in [0.25, 0.3) is 0 Å². The molecule has 0 amide bonds. The van der Waals surface area contributed by atoms with E-state index in [0.29, 0.717) is 0 Å². The second-order valence-corrected chi connectivity index (χ2v) is 5.91. The number of nitrogens with zero attached hydrogens (tertiary/aromatic N) is 1. The molecule has 1 unspecified atom stereocenters. The van der Waals surface area contributed by atoms with Crippen molar-refractivity contribution in [1.29, 1.82) is 0 Å². The zero-order chi connectivity index (χ0) is 15.1. The van der Waals surface area contributed by atoms with Crippen LogP contribution < -0.4 is 10.1 Å². The normalized spacial score (nSPS) is 12.1. The molecule has 1 aromatic carbocycles. The van der Waals surface area contributed by atoms with E-state index < -0.39 is 0 Å². The largest absolute Gasteiger partial charge is 0.493 e. The fourth-order valence-electron chi connectivity index (χ4n) is 2.05. The average Bonchev–Trinajstić information content (AvgIpc) is 2.52. The van der Waals surface area contributed by atoms with Gasteiger partial charge in [0, 0.05) is 35.0 Å². The number of ether oxygens (including phenoxy) is 1. The first-order valence-corrected chi connectivity index (χ1v) is 8.04. The molecule has 2 aromatic rings. The maximum Gasteiger partial charge on any atom is 0.123 e. The smallest absolute Gasteiger partial charge is 0.123 e. The standard InChI is InChI=1S/C17H21BrN2O/c1-3-9-21-17-7-6-16(18)10-15(17)12-20-13(2)14-5-4-8-19-11-14/h4-8,10-11,13,20H,3,9,12H2,1-2H3. The SMILES string of the molecule is CCCOc1ccc(Br)cc1CNC(C)c1cccnc1. The van der Waals surface area contributed by atoms with Crippen molar-refractivity contribution < 1.29 is 4.74 Å². The highest BCUT2D eigenvalue weighted by molar-refractivity contribution is 9.10. The Morgan fingerprint density at radius 3 is 2.90 bits per heavy atom. The maximum absolute atomic E-state index is 5.81. The fourth-order valence-corrected chi connectivity index (χ4v) is 2.46. The summed E-state index contributed by atoms with van der Waals surface area (Å²) in [5, 5.41) is 3.52. The molecule has 1 heterocycles. The van der Waals surface area contributed by atoms with E-state index in [9.17, 15) is 0 Å². The number of nitrogens with one attached hydrogen (secondary N) is 1. The van der Waals surface area contributed by atoms with E-state index >= 15 is 0 Å². The van der Waals surface area contributed by atoms with Crippen molar-refractivity contribution in [3.05, 3.63) is 58.3 Å². The lowest BCUT2D eigenvalue weighted by atomic mass is 10.1. The molecule has 0 radical (unpaired) electrons. The van der Waals surface area contributed by atoms with E-state index in [1.54, 1.807) is 6.20 Å². The molecule has 0 bridgehead atoms. The Labute approximate surface area is 134 Å². The van der Waals surface area contributed by atoms with E-state index in [1.807, 2.05) is 24.4 Å². The second kappa shape index (κ2) is 8.15. The van der Waals surface area contributed by atoms with Gasteiger partial charge in [0.05, 0.1) is 6.61 Å². The van der Waals surface area contributed by atoms with Gasteiger partial charge < -0.3 is 10.1 Å². The Bertz CT molecular complexity index is 560. The number of rotatable bonds is 7. The second-order valence-electron chi connectivity index (χ2n) is 4.99. The van der Waals surface area contributed by atoms with Gasteiger partial charge in [0.1, 0.15) is 5.75 Å². The van der Waals surface area contributed by atoms with Crippen molar-refractivity contribution in [3.8, 4) is 5.75 Å². The summed E-state index contributed by atoms with van der Waals surface area (Å²) in [5.41, 5.74) is 2.34. The summed E-state index contributed by atoms with van der Waals surface area (Å²) >= 11 is 3.52. The molecular formula is C17H21BrN2O. The van der Waals surface area contributed by atoms with Crippen LogP contribution in [0.3, 0.4) is 0 Å². The summed E-state index contributed by atoms with van der Waals surface area (Å²) in [6.07, 6.45) is 4.70. The highest BCUT2D eigenvalue weighted by Crippen LogP contribution is 2.24. The summed E-state index contributed by atoms with van der Waals surface area (Å²) < 4.78 is 6.87. The number of benzene rings is 1. The number of aromatic nitrogens is 1. The van der Waals surface area contributed by atoms with Crippen molar-refractivity contribution >= 4 is 15.9 Å². The van der Waals surface area contributed by atoms with Gasteiger partial charge in [-0.1, -0.05) is 28.9 Å². The molecule has 2 rings (SSSR count). The molecule has 0 spiro atoms. The summed E-state index contributed by atoms with van der Waals surface area (Å²) in [4.78, 5) is 4.16. The Balaban J connectivity index is 2.03. The van der Waals surface area contributed by atoms with Gasteiger partial charge in [0.2, 0.25) is 0 Å². The van der Waals surface area contributed by atoms with Crippen LogP contribution in [-0.4, -0.2) is 11.6 Å². The molecule has 1 atom stereocenters. The molecule has 1 N–H and O–H groups in total. The molecule has 4 heteroatoms. The molecular weight excluding hydrogens is 328 g/mol. The van der Waals surface area contributed by atoms with E-state index in [1.165, 1.54) is 5.56 Å². The third kappa shape index (κ3) is 4.83. The minimum atomic E-state index is 0.247. The van der Waals surface area contributed by atoms with Crippen LogP contribution in [0.15, 0.2) is 47.2 Å². The number of hydrogen-bond donors (Lipinski definition) is 1. The van der Waals surface area contributed by atoms with Crippen LogP contribution in [0.5, 0.6) is 5.75 Å². The highest BCUT2D eigenvalue weighted by Gasteiger charge is 2.08. The zero-order valence-corrected chi connectivity index (χ0v) is 14.1. The topological polar surface area (TPSA) is 34.1 Å². The van der Waals surface area contributed by atoms with Gasteiger partial charge in [-0.05, 0) is 43.2 Å². The molecule has 21 heavy (non-hydrogen) atoms. The molecule has 0 saturated carbocycles. The van der Waals surface area contributed by atoms with Crippen LogP contribution in [0.1, 0.15) is 37.4 Å². The Morgan fingerprint density at radius 1 is 1.33 bits per heavy atom. The van der Waals surface area contributed by atoms with Crippen molar-refractivity contribution in [2.45, 2.75) is 32.9 Å². The van der Waals surface area contributed by atoms with Gasteiger partial charge in [-0.2, -0.15) is 0 Å². The monoisotopic (exact) mass is 348 g/mol. The average molecular weight is 349 g/mol. The first-order chi connectivity index (χ1) is 10.2. The fraction of sp³-hybridized carbons (Fsp3) is 0.353. The molecule has 0 saturated heterocycles. The van der Waals surface area contributed by atoms with E-state index in [-0.39, 0.29) is 6.04 Å². The Kier molecular flexibility index (Phi) is 6.21. The minimum Gasteiger partial charge on any atom is -0.493 e. The highest BCUT2D eigenvalue weighted by atomic mass is 79.9. The summed E-state index contributed by atoms with van der Waals surface area (Å²) in [6.45, 7) is 5.75. The lowest BCUT2D eigenvalue weighted by molar-refractivity contribution is 0.312. The predicted octanol–water partition coefficient (Wildman–Crippen LogP) is 4.48. The Morgan fingerprint density at radius 2 is 2.19 bits per heavy atom. The minimum absolute atomic E-state index is 0.247. The molecule has 1 aromatic heterocycles. The third-order valence-electron chi connectivity index (χ3n) is 3.27. The van der Waals surface area contributed by atoms with E-state index in [0.717, 1.165) is 35.4 Å². The number of pyridine rings is 1. The summed E-state index contributed by atoms with van der Waals surface area (Å²) in [5.74, 6) is 0.950. The Hall–Kier alpha value is -1.39. The van der Waals surface area contributed by atoms with Crippen LogP contribution >= 0.6 is 15.9 Å². The van der Waals surface area contributed by atoms with Gasteiger partial charge >= 0.3 is 0 Å². The van der Waals surface area contributed by atoms with Crippen molar-refractivity contribution in [1.82, 2.24) is 10.3 Å². The quantitative estimate of drug-likeness (QED) is 0.800. The van der Waals surface area contributed by atoms with E-state index in [4.69, 9.17) is 4.74 Å². The third-order valence-corrected chi connectivity index (χ3v) is 3.76. The summed E-state index contributed by atoms with van der Waals surface area (Å²) in [7, 11) is 0. The van der Waals surface area contributed by atoms with Gasteiger partial charge in [0.15, 0.2) is 0 Å². The van der Waals surface area contributed by atoms with Crippen molar-refractivity contribution in [2.24, 2.45) is 0 Å². The van der Waals surface area contributed by atoms with Crippen LogP contribution in [0.4, 0.5) is 0 Å². The molecule has 112 valence electrons. The lowest BCUT2D eigenvalue weighted by Crippen LogP contribution is -2.18. The van der Waals surface area contributed by atoms with Gasteiger partial charge in [-0.25, -0.2) is 0 Å². The van der Waals surface area contributed by atoms with Crippen molar-refractivity contribution in [3.63, 3.8) is 0 Å². The predicted molar refractivity (Wildman–Crippen MR) is 89.4 cm³/mol. The van der Waals surface area contributed by atoms with E-state index in [2.05, 4.69) is 52.2 Å². The first kappa shape index (κ1) is 16.0. The first-order valence-electron chi connectivity index (χ1n) is 7.25. The molecule has 0 aliphatic rings. The molecule has 0 aliphatic carbocycles. The summed E-state index contributed by atoms with van der Waals surface area (Å²) in [6, 6.07) is 10.4. The van der Waals surface area contributed by atoms with Crippen molar-refractivity contribution in [2.75, 3.05) is 6.61 Å². The van der Waals surface area contributed by atoms with Gasteiger partial charge in [-0.15, -0.1) is 0 Å². The molecule has 0 aliphatic heterocycles. The number of hydrogen-bond acceptors (Lipinski definition) is 3. The maximum atomic E-state index is 5.81. The van der Waals surface area contributed by atoms with Gasteiger partial charge in [-0.3, -0.25) is 4.98 Å². The lowest BCUT2D eigenvalue weighted by Gasteiger charge is -2.16. The van der Waals surface area contributed by atoms with Crippen LogP contribution in [0.2, 0.25) is 0 Å². The van der Waals surface area contributed by atoms with Crippen LogP contribution in [0, 0.1) is 0 Å².